The fraction of sp³-hybridized carbons (Fsp3) is 0.269. The number of nitrogens with one attached hydrogen (secondary N) is 1. The molecule has 37 heavy (non-hydrogen) atoms. The second-order valence-corrected chi connectivity index (χ2v) is 10.8. The van der Waals surface area contributed by atoms with Gasteiger partial charge in [-0.25, -0.2) is 26.7 Å². The molecule has 11 heteroatoms. The number of fused-ring (bicyclic) bond motifs is 1. The molecule has 2 aromatic heterocycles. The number of carbonyl (C=O) groups excluding carboxylic acids is 1. The Morgan fingerprint density at radius 3 is 2.27 bits per heavy atom. The number of hydrogen-bond donors (Lipinski definition) is 1. The van der Waals surface area contributed by atoms with Crippen molar-refractivity contribution in [1.82, 2.24) is 18.9 Å². The average Bonchev–Trinajstić information content (AvgIpc) is 3.13. The Kier molecular flexibility index (Phi) is 6.98. The van der Waals surface area contributed by atoms with E-state index >= 15 is 0 Å². The predicted molar refractivity (Wildman–Crippen MR) is 135 cm³/mol. The molecule has 1 fully saturated rings. The molecule has 0 spiro atoms. The monoisotopic (exact) mass is 525 g/mol. The first-order chi connectivity index (χ1) is 17.8. The quantitative estimate of drug-likeness (QED) is 0.376. The molecule has 0 unspecified atom stereocenters. The molecule has 1 amide bonds. The zero-order valence-electron chi connectivity index (χ0n) is 19.8. The smallest absolute Gasteiger partial charge is 0.280 e. The van der Waals surface area contributed by atoms with Crippen LogP contribution >= 0.6 is 0 Å². The molecule has 8 nitrogen and oxygen atoms in total. The van der Waals surface area contributed by atoms with E-state index in [1.165, 1.54) is 40.8 Å². The fourth-order valence-electron chi connectivity index (χ4n) is 4.40. The number of anilines is 1. The van der Waals surface area contributed by atoms with E-state index in [1.807, 2.05) is 0 Å². The SMILES string of the molecule is O=C(Nc1ccc(S(=O)(=O)N2CCCCCC2)cc1)c1cnn2c(C(F)F)cc(-c3ccccc3)nc12. The van der Waals surface area contributed by atoms with Gasteiger partial charge in [0.15, 0.2) is 5.65 Å². The number of hydrogen-bond acceptors (Lipinski definition) is 5. The van der Waals surface area contributed by atoms with E-state index in [0.29, 0.717) is 30.0 Å². The van der Waals surface area contributed by atoms with E-state index in [-0.39, 0.29) is 21.8 Å². The van der Waals surface area contributed by atoms with Gasteiger partial charge in [0.2, 0.25) is 10.0 Å². The Morgan fingerprint density at radius 2 is 1.62 bits per heavy atom. The van der Waals surface area contributed by atoms with Crippen LogP contribution in [0.15, 0.2) is 71.8 Å². The van der Waals surface area contributed by atoms with Crippen LogP contribution in [0.25, 0.3) is 16.9 Å². The number of amides is 1. The molecule has 1 aliphatic heterocycles. The van der Waals surface area contributed by atoms with Crippen LogP contribution in [0, 0.1) is 0 Å². The van der Waals surface area contributed by atoms with Crippen LogP contribution in [-0.4, -0.2) is 46.3 Å². The van der Waals surface area contributed by atoms with Gasteiger partial charge in [0.25, 0.3) is 12.3 Å². The summed E-state index contributed by atoms with van der Waals surface area (Å²) in [6.07, 6.45) is 2.06. The first kappa shape index (κ1) is 25.0. The number of benzene rings is 2. The first-order valence-corrected chi connectivity index (χ1v) is 13.4. The number of carbonyl (C=O) groups is 1. The summed E-state index contributed by atoms with van der Waals surface area (Å²) in [6.45, 7) is 0.988. The molecule has 1 saturated heterocycles. The summed E-state index contributed by atoms with van der Waals surface area (Å²) in [4.78, 5) is 17.7. The zero-order valence-corrected chi connectivity index (χ0v) is 20.7. The summed E-state index contributed by atoms with van der Waals surface area (Å²) in [5.74, 6) is -0.601. The average molecular weight is 526 g/mol. The minimum absolute atomic E-state index is 0.00508. The minimum Gasteiger partial charge on any atom is -0.322 e. The second kappa shape index (κ2) is 10.3. The summed E-state index contributed by atoms with van der Waals surface area (Å²) < 4.78 is 56.1. The molecule has 0 radical (unpaired) electrons. The van der Waals surface area contributed by atoms with Gasteiger partial charge in [0.05, 0.1) is 16.8 Å². The van der Waals surface area contributed by atoms with Gasteiger partial charge in [-0.15, -0.1) is 0 Å². The molecule has 3 heterocycles. The second-order valence-electron chi connectivity index (χ2n) is 8.82. The molecule has 0 atom stereocenters. The van der Waals surface area contributed by atoms with Crippen molar-refractivity contribution in [3.8, 4) is 11.3 Å². The lowest BCUT2D eigenvalue weighted by Gasteiger charge is -2.20. The maximum Gasteiger partial charge on any atom is 0.280 e. The highest BCUT2D eigenvalue weighted by molar-refractivity contribution is 7.89. The molecule has 0 aliphatic carbocycles. The van der Waals surface area contributed by atoms with Crippen LogP contribution in [-0.2, 0) is 10.0 Å². The highest BCUT2D eigenvalue weighted by Crippen LogP contribution is 2.27. The molecular formula is C26H25F2N5O3S. The van der Waals surface area contributed by atoms with Crippen molar-refractivity contribution in [3.05, 3.63) is 78.1 Å². The highest BCUT2D eigenvalue weighted by atomic mass is 32.2. The number of rotatable bonds is 6. The normalized spacial score (nSPS) is 15.1. The molecule has 2 aromatic carbocycles. The molecule has 0 bridgehead atoms. The van der Waals surface area contributed by atoms with Crippen LogP contribution in [0.5, 0.6) is 0 Å². The lowest BCUT2D eigenvalue weighted by atomic mass is 10.1. The maximum atomic E-state index is 13.8. The Hall–Kier alpha value is -3.70. The lowest BCUT2D eigenvalue weighted by molar-refractivity contribution is 0.102. The molecule has 0 saturated carbocycles. The largest absolute Gasteiger partial charge is 0.322 e. The van der Waals surface area contributed by atoms with E-state index in [9.17, 15) is 22.0 Å². The van der Waals surface area contributed by atoms with Crippen molar-refractivity contribution in [2.24, 2.45) is 0 Å². The van der Waals surface area contributed by atoms with Crippen molar-refractivity contribution in [3.63, 3.8) is 0 Å². The topological polar surface area (TPSA) is 96.7 Å². The van der Waals surface area contributed by atoms with Gasteiger partial charge >= 0.3 is 0 Å². The molecule has 1 aliphatic rings. The van der Waals surface area contributed by atoms with Crippen molar-refractivity contribution >= 4 is 27.3 Å². The van der Waals surface area contributed by atoms with Crippen molar-refractivity contribution in [1.29, 1.82) is 0 Å². The van der Waals surface area contributed by atoms with Crippen LogP contribution in [0.3, 0.4) is 0 Å². The standard InChI is InChI=1S/C26H25F2N5O3S/c27-24(28)23-16-22(18-8-4-3-5-9-18)31-25-21(17-29-33(23)25)26(34)30-19-10-12-20(13-11-19)37(35,36)32-14-6-1-2-7-15-32/h3-5,8-13,16-17,24H,1-2,6-7,14-15H2,(H,30,34). The number of sulfonamides is 1. The third-order valence-electron chi connectivity index (χ3n) is 6.35. The van der Waals surface area contributed by atoms with Gasteiger partial charge in [0.1, 0.15) is 11.3 Å². The van der Waals surface area contributed by atoms with E-state index in [0.717, 1.165) is 30.2 Å². The molecule has 4 aromatic rings. The number of alkyl halides is 2. The van der Waals surface area contributed by atoms with Gasteiger partial charge in [-0.1, -0.05) is 43.2 Å². The Morgan fingerprint density at radius 1 is 0.946 bits per heavy atom. The van der Waals surface area contributed by atoms with Gasteiger partial charge in [-0.2, -0.15) is 9.40 Å². The fourth-order valence-corrected chi connectivity index (χ4v) is 5.92. The highest BCUT2D eigenvalue weighted by Gasteiger charge is 2.25. The molecular weight excluding hydrogens is 500 g/mol. The van der Waals surface area contributed by atoms with Crippen LogP contribution in [0.1, 0.15) is 48.2 Å². The minimum atomic E-state index is -3.62. The summed E-state index contributed by atoms with van der Waals surface area (Å²) in [7, 11) is -3.62. The van der Waals surface area contributed by atoms with Crippen molar-refractivity contribution < 1.29 is 22.0 Å². The van der Waals surface area contributed by atoms with Gasteiger partial charge < -0.3 is 5.32 Å². The van der Waals surface area contributed by atoms with Crippen molar-refractivity contribution in [2.75, 3.05) is 18.4 Å². The lowest BCUT2D eigenvalue weighted by Crippen LogP contribution is -2.31. The third kappa shape index (κ3) is 5.09. The Balaban J connectivity index is 1.41. The number of halogens is 2. The summed E-state index contributed by atoms with van der Waals surface area (Å²) in [6, 6.07) is 16.0. The van der Waals surface area contributed by atoms with Crippen LogP contribution in [0.4, 0.5) is 14.5 Å². The summed E-state index contributed by atoms with van der Waals surface area (Å²) >= 11 is 0. The van der Waals surface area contributed by atoms with E-state index < -0.39 is 22.4 Å². The van der Waals surface area contributed by atoms with E-state index in [2.05, 4.69) is 15.4 Å². The van der Waals surface area contributed by atoms with Gasteiger partial charge in [-0.3, -0.25) is 4.79 Å². The number of aromatic nitrogens is 3. The van der Waals surface area contributed by atoms with Gasteiger partial charge in [0, 0.05) is 24.3 Å². The summed E-state index contributed by atoms with van der Waals surface area (Å²) in [5, 5.41) is 6.66. The van der Waals surface area contributed by atoms with Crippen LogP contribution < -0.4 is 5.32 Å². The van der Waals surface area contributed by atoms with E-state index in [4.69, 9.17) is 0 Å². The Labute approximate surface area is 213 Å². The zero-order chi connectivity index (χ0) is 26.0. The maximum absolute atomic E-state index is 13.8. The summed E-state index contributed by atoms with van der Waals surface area (Å²) in [5.41, 5.74) is 0.899. The molecule has 192 valence electrons. The van der Waals surface area contributed by atoms with Crippen molar-refractivity contribution in [2.45, 2.75) is 37.0 Å². The number of nitrogens with zero attached hydrogens (tertiary/aromatic N) is 4. The molecule has 1 N–H and O–H groups in total. The Bertz CT molecular complexity index is 1520. The first-order valence-electron chi connectivity index (χ1n) is 12.0. The molecule has 5 rings (SSSR count). The van der Waals surface area contributed by atoms with Gasteiger partial charge in [-0.05, 0) is 43.2 Å². The predicted octanol–water partition coefficient (Wildman–Crippen LogP) is 5.15. The van der Waals surface area contributed by atoms with E-state index in [1.54, 1.807) is 30.3 Å². The third-order valence-corrected chi connectivity index (χ3v) is 8.26. The van der Waals surface area contributed by atoms with Crippen LogP contribution in [0.2, 0.25) is 0 Å².